The highest BCUT2D eigenvalue weighted by Gasteiger charge is 2.22. The van der Waals surface area contributed by atoms with Crippen LogP contribution in [-0.2, 0) is 22.6 Å². The number of aromatic nitrogens is 1. The minimum Gasteiger partial charge on any atom is -0.477 e. The summed E-state index contributed by atoms with van der Waals surface area (Å²) in [7, 11) is 0. The van der Waals surface area contributed by atoms with Crippen molar-refractivity contribution in [2.75, 3.05) is 19.8 Å². The molecule has 0 atom stereocenters. The van der Waals surface area contributed by atoms with E-state index in [-0.39, 0.29) is 6.29 Å². The van der Waals surface area contributed by atoms with Gasteiger partial charge in [-0.2, -0.15) is 0 Å². The Hall–Kier alpha value is -2.67. The second-order valence-corrected chi connectivity index (χ2v) is 7.19. The van der Waals surface area contributed by atoms with E-state index < -0.39 is 5.97 Å². The van der Waals surface area contributed by atoms with Crippen LogP contribution in [0.4, 0.5) is 0 Å². The van der Waals surface area contributed by atoms with E-state index in [2.05, 4.69) is 5.32 Å². The smallest absolute Gasteiger partial charge is 0.352 e. The number of nitrogens with zero attached hydrogens (tertiary/aromatic N) is 1. The fraction of sp³-hybridized carbons (Fsp3) is 0.375. The average Bonchev–Trinajstić information content (AvgIpc) is 3.04. The zero-order valence-corrected chi connectivity index (χ0v) is 17.9. The van der Waals surface area contributed by atoms with E-state index in [1.54, 1.807) is 0 Å². The van der Waals surface area contributed by atoms with Gasteiger partial charge in [-0.3, -0.25) is 0 Å². The van der Waals surface area contributed by atoms with Gasteiger partial charge in [-0.05, 0) is 32.4 Å². The molecule has 3 rings (SSSR count). The molecule has 0 aliphatic carbocycles. The number of aromatic carboxylic acids is 1. The van der Waals surface area contributed by atoms with E-state index in [9.17, 15) is 9.90 Å². The maximum atomic E-state index is 12.3. The number of ether oxygens (including phenoxy) is 2. The molecule has 6 heteroatoms. The van der Waals surface area contributed by atoms with Crippen LogP contribution in [0.2, 0.25) is 0 Å². The van der Waals surface area contributed by atoms with Crippen LogP contribution >= 0.6 is 0 Å². The molecule has 0 spiro atoms. The highest BCUT2D eigenvalue weighted by atomic mass is 16.7. The molecule has 0 bridgehead atoms. The van der Waals surface area contributed by atoms with Gasteiger partial charge in [0.25, 0.3) is 0 Å². The molecule has 0 fully saturated rings. The lowest BCUT2D eigenvalue weighted by atomic mass is 10.1. The first-order valence-corrected chi connectivity index (χ1v) is 10.4. The average molecular weight is 411 g/mol. The van der Waals surface area contributed by atoms with Crippen LogP contribution in [0.5, 0.6) is 0 Å². The van der Waals surface area contributed by atoms with Crippen molar-refractivity contribution in [2.45, 2.75) is 40.2 Å². The molecule has 0 amide bonds. The number of hydrogen-bond donors (Lipinski definition) is 2. The molecular weight excluding hydrogens is 380 g/mol. The molecule has 30 heavy (non-hydrogen) atoms. The van der Waals surface area contributed by atoms with E-state index in [0.29, 0.717) is 38.5 Å². The lowest BCUT2D eigenvalue weighted by Crippen LogP contribution is -2.31. The Balaban J connectivity index is 1.92. The van der Waals surface area contributed by atoms with Crippen molar-refractivity contribution in [3.63, 3.8) is 0 Å². The normalized spacial score (nSPS) is 11.5. The van der Waals surface area contributed by atoms with Crippen LogP contribution in [0, 0.1) is 6.92 Å². The maximum absolute atomic E-state index is 12.3. The SMILES string of the molecule is CCOC(CNCc1c(C(=O)O)n(Cc2ccc(C)cc2)c2ccccc12)OCC. The van der Waals surface area contributed by atoms with E-state index >= 15 is 0 Å². The van der Waals surface area contributed by atoms with Crippen LogP contribution < -0.4 is 5.32 Å². The Kier molecular flexibility index (Phi) is 7.63. The predicted molar refractivity (Wildman–Crippen MR) is 118 cm³/mol. The minimum atomic E-state index is -0.929. The van der Waals surface area contributed by atoms with Gasteiger partial charge in [-0.1, -0.05) is 48.0 Å². The highest BCUT2D eigenvalue weighted by Crippen LogP contribution is 2.27. The summed E-state index contributed by atoms with van der Waals surface area (Å²) in [6.45, 7) is 8.41. The van der Waals surface area contributed by atoms with Gasteiger partial charge in [-0.25, -0.2) is 4.79 Å². The molecule has 0 aliphatic heterocycles. The zero-order valence-electron chi connectivity index (χ0n) is 17.9. The minimum absolute atomic E-state index is 0.314. The first kappa shape index (κ1) is 22.0. The predicted octanol–water partition coefficient (Wildman–Crippen LogP) is 4.18. The summed E-state index contributed by atoms with van der Waals surface area (Å²) < 4.78 is 13.0. The molecule has 0 saturated heterocycles. The second kappa shape index (κ2) is 10.4. The van der Waals surface area contributed by atoms with Gasteiger partial charge in [-0.15, -0.1) is 0 Å². The largest absolute Gasteiger partial charge is 0.477 e. The quantitative estimate of drug-likeness (QED) is 0.464. The number of fused-ring (bicyclic) bond motifs is 1. The first-order chi connectivity index (χ1) is 14.5. The third-order valence-corrected chi connectivity index (χ3v) is 5.06. The van der Waals surface area contributed by atoms with Crippen molar-refractivity contribution in [3.05, 3.63) is 70.9 Å². The van der Waals surface area contributed by atoms with Crippen LogP contribution in [0.25, 0.3) is 10.9 Å². The molecule has 160 valence electrons. The van der Waals surface area contributed by atoms with Crippen molar-refractivity contribution in [3.8, 4) is 0 Å². The van der Waals surface area contributed by atoms with E-state index in [1.807, 2.05) is 73.9 Å². The van der Waals surface area contributed by atoms with Gasteiger partial charge in [0.1, 0.15) is 5.69 Å². The molecule has 3 aromatic rings. The number of carboxylic acids is 1. The molecule has 6 nitrogen and oxygen atoms in total. The molecule has 2 aromatic carbocycles. The number of hydrogen-bond acceptors (Lipinski definition) is 4. The molecular formula is C24H30N2O4. The van der Waals surface area contributed by atoms with E-state index in [0.717, 1.165) is 22.0 Å². The summed E-state index contributed by atoms with van der Waals surface area (Å²) in [6, 6.07) is 16.0. The van der Waals surface area contributed by atoms with Crippen LogP contribution in [-0.4, -0.2) is 41.7 Å². The molecule has 0 radical (unpaired) electrons. The Morgan fingerprint density at radius 1 is 1.07 bits per heavy atom. The van der Waals surface area contributed by atoms with Gasteiger partial charge in [0.15, 0.2) is 6.29 Å². The Labute approximate surface area is 177 Å². The summed E-state index contributed by atoms with van der Waals surface area (Å²) in [5.74, 6) is -0.929. The van der Waals surface area contributed by atoms with Crippen molar-refractivity contribution in [2.24, 2.45) is 0 Å². The zero-order chi connectivity index (χ0) is 21.5. The number of aryl methyl sites for hydroxylation is 1. The van der Waals surface area contributed by atoms with Crippen molar-refractivity contribution in [1.29, 1.82) is 0 Å². The third-order valence-electron chi connectivity index (χ3n) is 5.06. The van der Waals surface area contributed by atoms with Crippen LogP contribution in [0.15, 0.2) is 48.5 Å². The third kappa shape index (κ3) is 5.08. The highest BCUT2D eigenvalue weighted by molar-refractivity contribution is 5.98. The van der Waals surface area contributed by atoms with E-state index in [4.69, 9.17) is 9.47 Å². The van der Waals surface area contributed by atoms with Crippen molar-refractivity contribution < 1.29 is 19.4 Å². The number of carboxylic acid groups (broad SMARTS) is 1. The van der Waals surface area contributed by atoms with Gasteiger partial charge in [0.05, 0.1) is 0 Å². The van der Waals surface area contributed by atoms with Gasteiger partial charge < -0.3 is 24.5 Å². The Morgan fingerprint density at radius 2 is 1.73 bits per heavy atom. The molecule has 0 unspecified atom stereocenters. The summed E-state index contributed by atoms with van der Waals surface area (Å²) >= 11 is 0. The standard InChI is InChI=1S/C24H30N2O4/c1-4-29-22(30-5-2)15-25-14-20-19-8-6-7-9-21(19)26(23(20)24(27)28)16-18-12-10-17(3)11-13-18/h6-13,22,25H,4-5,14-16H2,1-3H3,(H,27,28). The monoisotopic (exact) mass is 410 g/mol. The lowest BCUT2D eigenvalue weighted by Gasteiger charge is -2.17. The van der Waals surface area contributed by atoms with Gasteiger partial charge in [0, 0.05) is 49.3 Å². The molecule has 0 saturated carbocycles. The van der Waals surface area contributed by atoms with Gasteiger partial charge >= 0.3 is 5.97 Å². The summed E-state index contributed by atoms with van der Waals surface area (Å²) in [4.78, 5) is 12.3. The summed E-state index contributed by atoms with van der Waals surface area (Å²) in [5, 5.41) is 14.3. The number of carbonyl (C=O) groups is 1. The van der Waals surface area contributed by atoms with Gasteiger partial charge in [0.2, 0.25) is 0 Å². The summed E-state index contributed by atoms with van der Waals surface area (Å²) in [5.41, 5.74) is 4.25. The fourth-order valence-electron chi connectivity index (χ4n) is 3.69. The molecule has 1 heterocycles. The Morgan fingerprint density at radius 3 is 2.37 bits per heavy atom. The maximum Gasteiger partial charge on any atom is 0.352 e. The molecule has 2 N–H and O–H groups in total. The second-order valence-electron chi connectivity index (χ2n) is 7.19. The number of para-hydroxylation sites is 1. The first-order valence-electron chi connectivity index (χ1n) is 10.4. The van der Waals surface area contributed by atoms with Crippen LogP contribution in [0.1, 0.15) is 41.0 Å². The van der Waals surface area contributed by atoms with Crippen molar-refractivity contribution in [1.82, 2.24) is 9.88 Å². The number of benzene rings is 2. The molecule has 0 aliphatic rings. The Bertz CT molecular complexity index is 973. The number of rotatable bonds is 11. The van der Waals surface area contributed by atoms with Crippen molar-refractivity contribution >= 4 is 16.9 Å². The lowest BCUT2D eigenvalue weighted by molar-refractivity contribution is -0.133. The molecule has 1 aromatic heterocycles. The fourth-order valence-corrected chi connectivity index (χ4v) is 3.69. The van der Waals surface area contributed by atoms with Crippen LogP contribution in [0.3, 0.4) is 0 Å². The summed E-state index contributed by atoms with van der Waals surface area (Å²) in [6.07, 6.45) is -0.353. The topological polar surface area (TPSA) is 72.7 Å². The number of nitrogens with one attached hydrogen (secondary N) is 1. The van der Waals surface area contributed by atoms with E-state index in [1.165, 1.54) is 5.56 Å².